The summed E-state index contributed by atoms with van der Waals surface area (Å²) in [7, 11) is 0. The first kappa shape index (κ1) is 18.9. The molecular weight excluding hydrogens is 322 g/mol. The van der Waals surface area contributed by atoms with Crippen LogP contribution < -0.4 is 5.32 Å². The van der Waals surface area contributed by atoms with Gasteiger partial charge in [0.05, 0.1) is 17.1 Å². The van der Waals surface area contributed by atoms with Crippen molar-refractivity contribution >= 4 is 16.9 Å². The number of unbranched alkanes of at least 4 members (excludes halogenated alkanes) is 6. The second-order valence-electron chi connectivity index (χ2n) is 7.74. The lowest BCUT2D eigenvalue weighted by Gasteiger charge is -2.16. The molecule has 1 fully saturated rings. The number of carbonyl (C=O) groups excluding carboxylic acids is 1. The maximum atomic E-state index is 12.2. The quantitative estimate of drug-likeness (QED) is 0.551. The summed E-state index contributed by atoms with van der Waals surface area (Å²) in [5.74, 6) is 1.41. The monoisotopic (exact) mass is 355 g/mol. The summed E-state index contributed by atoms with van der Waals surface area (Å²) in [6.07, 6.45) is 11.2. The number of nitrogens with zero attached hydrogens (tertiary/aromatic N) is 2. The molecule has 1 unspecified atom stereocenters. The van der Waals surface area contributed by atoms with Gasteiger partial charge in [0.25, 0.3) is 0 Å². The number of para-hydroxylation sites is 2. The summed E-state index contributed by atoms with van der Waals surface area (Å²) >= 11 is 0. The molecule has 4 nitrogen and oxygen atoms in total. The third-order valence-corrected chi connectivity index (χ3v) is 5.36. The first-order valence-corrected chi connectivity index (χ1v) is 10.5. The number of benzene rings is 1. The lowest BCUT2D eigenvalue weighted by molar-refractivity contribution is -0.123. The summed E-state index contributed by atoms with van der Waals surface area (Å²) in [5, 5.41) is 3.16. The highest BCUT2D eigenvalue weighted by atomic mass is 16.2. The lowest BCUT2D eigenvalue weighted by Crippen LogP contribution is -2.29. The molecule has 4 heteroatoms. The normalized spacial score (nSPS) is 15.3. The van der Waals surface area contributed by atoms with Gasteiger partial charge in [0.15, 0.2) is 0 Å². The lowest BCUT2D eigenvalue weighted by atomic mass is 10.1. The summed E-state index contributed by atoms with van der Waals surface area (Å²) in [5.41, 5.74) is 2.21. The Kier molecular flexibility index (Phi) is 6.70. The molecule has 0 radical (unpaired) electrons. The van der Waals surface area contributed by atoms with E-state index in [1.807, 2.05) is 6.07 Å². The third-order valence-electron chi connectivity index (χ3n) is 5.36. The van der Waals surface area contributed by atoms with Crippen LogP contribution in [0, 0.1) is 5.92 Å². The van der Waals surface area contributed by atoms with Gasteiger partial charge in [-0.2, -0.15) is 0 Å². The van der Waals surface area contributed by atoms with E-state index in [-0.39, 0.29) is 17.9 Å². The number of aromatic nitrogens is 2. The number of aryl methyl sites for hydroxylation is 1. The molecule has 0 saturated heterocycles. The van der Waals surface area contributed by atoms with E-state index in [2.05, 4.69) is 41.9 Å². The smallest absolute Gasteiger partial charge is 0.223 e. The molecule has 1 aliphatic rings. The average Bonchev–Trinajstić information content (AvgIpc) is 3.43. The first-order valence-electron chi connectivity index (χ1n) is 10.5. The predicted molar refractivity (Wildman–Crippen MR) is 107 cm³/mol. The summed E-state index contributed by atoms with van der Waals surface area (Å²) < 4.78 is 2.32. The first-order chi connectivity index (χ1) is 12.7. The molecular formula is C22H33N3O. The van der Waals surface area contributed by atoms with Crippen molar-refractivity contribution in [3.8, 4) is 0 Å². The summed E-state index contributed by atoms with van der Waals surface area (Å²) in [6, 6.07) is 8.27. The van der Waals surface area contributed by atoms with Crippen LogP contribution in [0.25, 0.3) is 11.0 Å². The van der Waals surface area contributed by atoms with E-state index in [1.165, 1.54) is 50.5 Å². The van der Waals surface area contributed by atoms with Crippen LogP contribution in [0.4, 0.5) is 0 Å². The maximum absolute atomic E-state index is 12.2. The highest BCUT2D eigenvalue weighted by molar-refractivity contribution is 5.81. The number of hydrogen-bond donors (Lipinski definition) is 1. The molecule has 1 N–H and O–H groups in total. The van der Waals surface area contributed by atoms with Gasteiger partial charge >= 0.3 is 0 Å². The molecule has 1 aromatic carbocycles. The van der Waals surface area contributed by atoms with Crippen molar-refractivity contribution in [3.63, 3.8) is 0 Å². The van der Waals surface area contributed by atoms with Gasteiger partial charge in [-0.05, 0) is 38.3 Å². The topological polar surface area (TPSA) is 46.9 Å². The van der Waals surface area contributed by atoms with Crippen LogP contribution in [0.3, 0.4) is 0 Å². The number of amides is 1. The number of rotatable bonds is 11. The van der Waals surface area contributed by atoms with E-state index in [4.69, 9.17) is 4.98 Å². The third kappa shape index (κ3) is 4.87. The Hall–Kier alpha value is -1.84. The van der Waals surface area contributed by atoms with Crippen molar-refractivity contribution in [3.05, 3.63) is 30.1 Å². The van der Waals surface area contributed by atoms with Crippen molar-refractivity contribution in [2.75, 3.05) is 0 Å². The van der Waals surface area contributed by atoms with Gasteiger partial charge < -0.3 is 9.88 Å². The predicted octanol–water partition coefficient (Wildman–Crippen LogP) is 5.37. The Bertz CT molecular complexity index is 717. The highest BCUT2D eigenvalue weighted by Crippen LogP contribution is 2.30. The Morgan fingerprint density at radius 1 is 1.15 bits per heavy atom. The van der Waals surface area contributed by atoms with Crippen LogP contribution >= 0.6 is 0 Å². The van der Waals surface area contributed by atoms with E-state index in [0.717, 1.165) is 30.7 Å². The van der Waals surface area contributed by atoms with Crippen molar-refractivity contribution in [1.29, 1.82) is 0 Å². The second-order valence-corrected chi connectivity index (χ2v) is 7.74. The molecule has 3 rings (SSSR count). The zero-order valence-electron chi connectivity index (χ0n) is 16.3. The fourth-order valence-corrected chi connectivity index (χ4v) is 3.63. The van der Waals surface area contributed by atoms with E-state index in [9.17, 15) is 4.79 Å². The highest BCUT2D eigenvalue weighted by Gasteiger charge is 2.31. The van der Waals surface area contributed by atoms with Crippen LogP contribution in [0.15, 0.2) is 24.3 Å². The number of hydrogen-bond acceptors (Lipinski definition) is 2. The van der Waals surface area contributed by atoms with E-state index >= 15 is 0 Å². The molecule has 1 amide bonds. The van der Waals surface area contributed by atoms with Gasteiger partial charge in [0.2, 0.25) is 5.91 Å². The van der Waals surface area contributed by atoms with Crippen LogP contribution in [0.1, 0.15) is 83.5 Å². The van der Waals surface area contributed by atoms with Gasteiger partial charge in [-0.25, -0.2) is 4.98 Å². The van der Waals surface area contributed by atoms with E-state index < -0.39 is 0 Å². The molecule has 0 aliphatic heterocycles. The molecule has 0 bridgehead atoms. The number of imidazole rings is 1. The van der Waals surface area contributed by atoms with Crippen molar-refractivity contribution < 1.29 is 4.79 Å². The molecule has 142 valence electrons. The van der Waals surface area contributed by atoms with Gasteiger partial charge in [0.1, 0.15) is 5.82 Å². The molecule has 1 saturated carbocycles. The minimum Gasteiger partial charge on any atom is -0.346 e. The van der Waals surface area contributed by atoms with Crippen LogP contribution in [0.2, 0.25) is 0 Å². The molecule has 1 aliphatic carbocycles. The summed E-state index contributed by atoms with van der Waals surface area (Å²) in [6.45, 7) is 5.30. The van der Waals surface area contributed by atoms with E-state index in [1.54, 1.807) is 0 Å². The van der Waals surface area contributed by atoms with Crippen LogP contribution in [0.5, 0.6) is 0 Å². The van der Waals surface area contributed by atoms with Gasteiger partial charge in [-0.15, -0.1) is 0 Å². The fraction of sp³-hybridized carbons (Fsp3) is 0.636. The average molecular weight is 356 g/mol. The summed E-state index contributed by atoms with van der Waals surface area (Å²) in [4.78, 5) is 17.0. The SMILES string of the molecule is CCCCCCCCCn1c(C(C)NC(=O)C2CC2)nc2ccccc21. The van der Waals surface area contributed by atoms with Gasteiger partial charge in [0, 0.05) is 12.5 Å². The van der Waals surface area contributed by atoms with Gasteiger partial charge in [-0.1, -0.05) is 57.6 Å². The maximum Gasteiger partial charge on any atom is 0.223 e. The number of nitrogens with one attached hydrogen (secondary N) is 1. The van der Waals surface area contributed by atoms with Crippen LogP contribution in [-0.4, -0.2) is 15.5 Å². The zero-order valence-corrected chi connectivity index (χ0v) is 16.3. The Labute approximate surface area is 157 Å². The largest absolute Gasteiger partial charge is 0.346 e. The Balaban J connectivity index is 1.63. The van der Waals surface area contributed by atoms with Crippen molar-refractivity contribution in [2.24, 2.45) is 5.92 Å². The Morgan fingerprint density at radius 2 is 1.85 bits per heavy atom. The minimum atomic E-state index is -0.0416. The Morgan fingerprint density at radius 3 is 2.58 bits per heavy atom. The standard InChI is InChI=1S/C22H33N3O/c1-3-4-5-6-7-8-11-16-25-20-13-10-9-12-19(20)24-21(25)17(2)23-22(26)18-14-15-18/h9-10,12-13,17-18H,3-8,11,14-16H2,1-2H3,(H,23,26). The molecule has 26 heavy (non-hydrogen) atoms. The second kappa shape index (κ2) is 9.20. The van der Waals surface area contributed by atoms with Crippen LogP contribution in [-0.2, 0) is 11.3 Å². The van der Waals surface area contributed by atoms with Gasteiger partial charge in [-0.3, -0.25) is 4.79 Å². The van der Waals surface area contributed by atoms with E-state index in [0.29, 0.717) is 0 Å². The molecule has 1 heterocycles. The zero-order chi connectivity index (χ0) is 18.4. The number of carbonyl (C=O) groups is 1. The molecule has 0 spiro atoms. The molecule has 1 aromatic heterocycles. The van der Waals surface area contributed by atoms with Crippen molar-refractivity contribution in [1.82, 2.24) is 14.9 Å². The molecule has 2 aromatic rings. The minimum absolute atomic E-state index is 0.0416. The fourth-order valence-electron chi connectivity index (χ4n) is 3.63. The number of fused-ring (bicyclic) bond motifs is 1. The van der Waals surface area contributed by atoms with Crippen molar-refractivity contribution in [2.45, 2.75) is 84.2 Å². The molecule has 1 atom stereocenters.